The second kappa shape index (κ2) is 8.91. The van der Waals surface area contributed by atoms with E-state index in [0.717, 1.165) is 23.1 Å². The fraction of sp³-hybridized carbons (Fsp3) is 0.190. The summed E-state index contributed by atoms with van der Waals surface area (Å²) in [6, 6.07) is 12.8. The van der Waals surface area contributed by atoms with Gasteiger partial charge in [0.05, 0.1) is 0 Å². The van der Waals surface area contributed by atoms with Crippen LogP contribution in [0.2, 0.25) is 0 Å². The molecule has 4 rings (SSSR count). The molecule has 0 spiro atoms. The van der Waals surface area contributed by atoms with Crippen LogP contribution in [-0.2, 0) is 17.8 Å². The average Bonchev–Trinajstić information content (AvgIpc) is 3.41. The molecule has 2 heterocycles. The van der Waals surface area contributed by atoms with Crippen LogP contribution in [0, 0.1) is 0 Å². The van der Waals surface area contributed by atoms with Crippen molar-refractivity contribution >= 4 is 23.8 Å². The van der Waals surface area contributed by atoms with Crippen LogP contribution in [0.5, 0.6) is 17.2 Å². The Labute approximate surface area is 176 Å². The molecule has 0 aliphatic carbocycles. The number of aryl methyl sites for hydroxylation is 1. The molecule has 154 valence electrons. The summed E-state index contributed by atoms with van der Waals surface area (Å²) < 4.78 is 21.8. The molecule has 0 saturated carbocycles. The number of nitrogens with zero attached hydrogens (tertiary/aromatic N) is 2. The predicted molar refractivity (Wildman–Crippen MR) is 108 cm³/mol. The highest BCUT2D eigenvalue weighted by Crippen LogP contribution is 2.33. The van der Waals surface area contributed by atoms with E-state index in [1.165, 1.54) is 0 Å². The van der Waals surface area contributed by atoms with Gasteiger partial charge in [-0.25, -0.2) is 4.79 Å². The maximum absolute atomic E-state index is 11.6. The highest BCUT2D eigenvalue weighted by Gasteiger charge is 2.15. The lowest BCUT2D eigenvalue weighted by atomic mass is 10.2. The van der Waals surface area contributed by atoms with Crippen molar-refractivity contribution in [3.63, 3.8) is 0 Å². The van der Waals surface area contributed by atoms with Gasteiger partial charge in [-0.1, -0.05) is 25.1 Å². The van der Waals surface area contributed by atoms with E-state index in [1.807, 2.05) is 25.1 Å². The monoisotopic (exact) mass is 426 g/mol. The highest BCUT2D eigenvalue weighted by molar-refractivity contribution is 8.03. The predicted octanol–water partition coefficient (Wildman–Crippen LogP) is 4.16. The molecule has 1 aliphatic rings. The van der Waals surface area contributed by atoms with Crippen LogP contribution in [-0.4, -0.2) is 28.1 Å². The number of carboxylic acids is 1. The number of aliphatic carboxylic acids is 1. The summed E-state index contributed by atoms with van der Waals surface area (Å²) in [5.74, 6) is 1.50. The fourth-order valence-electron chi connectivity index (χ4n) is 2.66. The Bertz CT molecular complexity index is 1080. The van der Waals surface area contributed by atoms with Gasteiger partial charge < -0.3 is 23.7 Å². The zero-order chi connectivity index (χ0) is 20.9. The third-order valence-corrected chi connectivity index (χ3v) is 5.03. The van der Waals surface area contributed by atoms with E-state index in [4.69, 9.17) is 18.6 Å². The molecule has 0 amide bonds. The summed E-state index contributed by atoms with van der Waals surface area (Å²) in [4.78, 5) is 11.6. The van der Waals surface area contributed by atoms with Gasteiger partial charge in [0.25, 0.3) is 5.22 Å². The van der Waals surface area contributed by atoms with E-state index in [0.29, 0.717) is 36.0 Å². The molecule has 0 unspecified atom stereocenters. The largest absolute Gasteiger partial charge is 0.489 e. The van der Waals surface area contributed by atoms with Crippen LogP contribution in [0.25, 0.3) is 6.08 Å². The molecule has 2 aromatic carbocycles. The minimum absolute atomic E-state index is 0.0790. The number of benzene rings is 2. The molecule has 3 aromatic rings. The Hall–Kier alpha value is -3.46. The molecule has 8 nitrogen and oxygen atoms in total. The van der Waals surface area contributed by atoms with Crippen molar-refractivity contribution in [3.8, 4) is 17.2 Å². The number of carboxylic acid groups (broad SMARTS) is 1. The standard InChI is InChI=1S/C21H18N2O6S/c1-2-19-22-23-21(29-19)30-18(20(24)25)10-13-3-6-15(7-4-13)26-11-14-5-8-16-17(9-14)28-12-27-16/h3-10H,2,11-12H2,1H3,(H,24,25)/b18-10-. The van der Waals surface area contributed by atoms with Gasteiger partial charge in [-0.3, -0.25) is 0 Å². The molecular weight excluding hydrogens is 408 g/mol. The van der Waals surface area contributed by atoms with Crippen molar-refractivity contribution in [3.05, 3.63) is 64.4 Å². The van der Waals surface area contributed by atoms with Crippen molar-refractivity contribution in [2.45, 2.75) is 25.2 Å². The van der Waals surface area contributed by atoms with Crippen molar-refractivity contribution in [1.82, 2.24) is 10.2 Å². The van der Waals surface area contributed by atoms with Crippen LogP contribution in [0.4, 0.5) is 0 Å². The van der Waals surface area contributed by atoms with Gasteiger partial charge in [0.1, 0.15) is 17.3 Å². The Morgan fingerprint density at radius 3 is 2.70 bits per heavy atom. The third-order valence-electron chi connectivity index (χ3n) is 4.18. The van der Waals surface area contributed by atoms with E-state index in [9.17, 15) is 9.90 Å². The summed E-state index contributed by atoms with van der Waals surface area (Å²) in [6.45, 7) is 2.49. The van der Waals surface area contributed by atoms with E-state index in [1.54, 1.807) is 30.3 Å². The number of ether oxygens (including phenoxy) is 3. The van der Waals surface area contributed by atoms with E-state index < -0.39 is 5.97 Å². The van der Waals surface area contributed by atoms with Crippen molar-refractivity contribution in [2.24, 2.45) is 0 Å². The summed E-state index contributed by atoms with van der Waals surface area (Å²) in [5, 5.41) is 17.4. The molecule has 0 saturated heterocycles. The Kier molecular flexibility index (Phi) is 5.89. The van der Waals surface area contributed by atoms with Gasteiger partial charge in [-0.15, -0.1) is 10.2 Å². The van der Waals surface area contributed by atoms with Crippen LogP contribution < -0.4 is 14.2 Å². The molecule has 0 fully saturated rings. The number of thioether (sulfide) groups is 1. The first kappa shape index (κ1) is 19.8. The van der Waals surface area contributed by atoms with Crippen LogP contribution in [0.3, 0.4) is 0 Å². The molecule has 1 aromatic heterocycles. The number of carbonyl (C=O) groups is 1. The first-order chi connectivity index (χ1) is 14.6. The van der Waals surface area contributed by atoms with Gasteiger partial charge in [-0.05, 0) is 53.2 Å². The minimum Gasteiger partial charge on any atom is -0.489 e. The number of rotatable bonds is 8. The van der Waals surface area contributed by atoms with E-state index in [-0.39, 0.29) is 16.9 Å². The Morgan fingerprint density at radius 2 is 1.97 bits per heavy atom. The quantitative estimate of drug-likeness (QED) is 0.420. The van der Waals surface area contributed by atoms with Gasteiger partial charge in [0.2, 0.25) is 12.7 Å². The first-order valence-electron chi connectivity index (χ1n) is 9.17. The van der Waals surface area contributed by atoms with Crippen molar-refractivity contribution < 1.29 is 28.5 Å². The topological polar surface area (TPSA) is 104 Å². The summed E-state index contributed by atoms with van der Waals surface area (Å²) in [6.07, 6.45) is 2.14. The molecule has 30 heavy (non-hydrogen) atoms. The lowest BCUT2D eigenvalue weighted by Crippen LogP contribution is -1.97. The molecule has 9 heteroatoms. The average molecular weight is 426 g/mol. The van der Waals surface area contributed by atoms with Crippen molar-refractivity contribution in [2.75, 3.05) is 6.79 Å². The summed E-state index contributed by atoms with van der Waals surface area (Å²) in [7, 11) is 0. The SMILES string of the molecule is CCc1nnc(S/C(=C\c2ccc(OCc3ccc4c(c3)OCO4)cc2)C(=O)O)o1. The molecule has 0 bridgehead atoms. The number of hydrogen-bond donors (Lipinski definition) is 1. The molecule has 0 atom stereocenters. The fourth-order valence-corrected chi connectivity index (χ4v) is 3.35. The highest BCUT2D eigenvalue weighted by atomic mass is 32.2. The number of hydrogen-bond acceptors (Lipinski definition) is 8. The van der Waals surface area contributed by atoms with Gasteiger partial charge in [0, 0.05) is 6.42 Å². The molecule has 1 N–H and O–H groups in total. The molecule has 0 radical (unpaired) electrons. The smallest absolute Gasteiger partial charge is 0.342 e. The number of fused-ring (bicyclic) bond motifs is 1. The van der Waals surface area contributed by atoms with E-state index in [2.05, 4.69) is 10.2 Å². The third kappa shape index (κ3) is 4.74. The van der Waals surface area contributed by atoms with Crippen LogP contribution >= 0.6 is 11.8 Å². The lowest BCUT2D eigenvalue weighted by molar-refractivity contribution is -0.131. The normalized spacial score (nSPS) is 12.8. The maximum Gasteiger partial charge on any atom is 0.342 e. The molecule has 1 aliphatic heterocycles. The molecular formula is C21H18N2O6S. The van der Waals surface area contributed by atoms with Gasteiger partial charge >= 0.3 is 5.97 Å². The van der Waals surface area contributed by atoms with E-state index >= 15 is 0 Å². The Morgan fingerprint density at radius 1 is 1.17 bits per heavy atom. The Balaban J connectivity index is 1.40. The second-order valence-electron chi connectivity index (χ2n) is 6.28. The van der Waals surface area contributed by atoms with Crippen LogP contribution in [0.1, 0.15) is 23.9 Å². The number of aromatic nitrogens is 2. The summed E-state index contributed by atoms with van der Waals surface area (Å²) in [5.41, 5.74) is 1.67. The van der Waals surface area contributed by atoms with Crippen molar-refractivity contribution in [1.29, 1.82) is 0 Å². The zero-order valence-electron chi connectivity index (χ0n) is 16.0. The van der Waals surface area contributed by atoms with Crippen LogP contribution in [0.15, 0.2) is 57.0 Å². The maximum atomic E-state index is 11.6. The first-order valence-corrected chi connectivity index (χ1v) is 9.99. The zero-order valence-corrected chi connectivity index (χ0v) is 16.8. The van der Waals surface area contributed by atoms with Gasteiger partial charge in [-0.2, -0.15) is 0 Å². The lowest BCUT2D eigenvalue weighted by Gasteiger charge is -2.07. The second-order valence-corrected chi connectivity index (χ2v) is 7.27. The van der Waals surface area contributed by atoms with Gasteiger partial charge in [0.15, 0.2) is 11.5 Å². The minimum atomic E-state index is -1.07. The summed E-state index contributed by atoms with van der Waals surface area (Å²) >= 11 is 0.917.